The third-order valence-corrected chi connectivity index (χ3v) is 6.53. The largest absolute Gasteiger partial charge is 0.380 e. The summed E-state index contributed by atoms with van der Waals surface area (Å²) in [7, 11) is 0. The van der Waals surface area contributed by atoms with Gasteiger partial charge in [0.15, 0.2) is 17.0 Å². The van der Waals surface area contributed by atoms with E-state index in [-0.39, 0.29) is 11.9 Å². The summed E-state index contributed by atoms with van der Waals surface area (Å²) in [6.45, 7) is 5.76. The molecule has 10 heteroatoms. The maximum absolute atomic E-state index is 12.8. The molecule has 32 heavy (non-hydrogen) atoms. The van der Waals surface area contributed by atoms with Crippen molar-refractivity contribution in [1.82, 2.24) is 34.4 Å². The maximum Gasteiger partial charge on any atom is 0.254 e. The molecule has 0 bridgehead atoms. The number of fused-ring (bicyclic) bond motifs is 1. The zero-order chi connectivity index (χ0) is 22.3. The molecule has 2 N–H and O–H groups in total. The van der Waals surface area contributed by atoms with Crippen molar-refractivity contribution < 1.29 is 9.90 Å². The second-order valence-corrected chi connectivity index (χ2v) is 8.71. The molecule has 2 fully saturated rings. The van der Waals surface area contributed by atoms with Gasteiger partial charge < -0.3 is 19.9 Å². The van der Waals surface area contributed by atoms with E-state index in [0.29, 0.717) is 49.6 Å². The predicted molar refractivity (Wildman–Crippen MR) is 119 cm³/mol. The average molecular weight is 437 g/mol. The fourth-order valence-electron chi connectivity index (χ4n) is 4.79. The van der Waals surface area contributed by atoms with Crippen LogP contribution in [0.4, 0.5) is 5.82 Å². The van der Waals surface area contributed by atoms with Crippen molar-refractivity contribution in [2.75, 3.05) is 18.4 Å². The normalized spacial score (nSPS) is 20.2. The van der Waals surface area contributed by atoms with Crippen molar-refractivity contribution in [3.8, 4) is 11.4 Å². The van der Waals surface area contributed by atoms with E-state index in [1.807, 2.05) is 18.4 Å². The van der Waals surface area contributed by atoms with E-state index < -0.39 is 5.60 Å². The quantitative estimate of drug-likeness (QED) is 0.622. The molecule has 1 atom stereocenters. The molecule has 3 aromatic rings. The first-order chi connectivity index (χ1) is 15.5. The minimum Gasteiger partial charge on any atom is -0.380 e. The lowest BCUT2D eigenvalue weighted by atomic mass is 10.0. The van der Waals surface area contributed by atoms with Crippen molar-refractivity contribution in [1.29, 1.82) is 0 Å². The summed E-state index contributed by atoms with van der Waals surface area (Å²) in [4.78, 5) is 37.0. The Balaban J connectivity index is 1.39. The number of hydrogen-bond acceptors (Lipinski definition) is 8. The van der Waals surface area contributed by atoms with Gasteiger partial charge >= 0.3 is 0 Å². The Morgan fingerprint density at radius 3 is 2.69 bits per heavy atom. The van der Waals surface area contributed by atoms with Crippen LogP contribution in [0, 0.1) is 6.92 Å². The maximum atomic E-state index is 12.8. The second-order valence-electron chi connectivity index (χ2n) is 8.71. The van der Waals surface area contributed by atoms with Gasteiger partial charge in [-0.1, -0.05) is 0 Å². The molecular formula is C22H28N8O2. The molecule has 4 heterocycles. The summed E-state index contributed by atoms with van der Waals surface area (Å²) in [6.07, 6.45) is 8.80. The van der Waals surface area contributed by atoms with E-state index in [1.165, 1.54) is 6.33 Å². The van der Waals surface area contributed by atoms with Gasteiger partial charge in [0.2, 0.25) is 0 Å². The lowest BCUT2D eigenvalue weighted by Gasteiger charge is -2.27. The zero-order valence-corrected chi connectivity index (χ0v) is 18.5. The number of carbonyl (C=O) groups excluding carboxylic acids is 1. The van der Waals surface area contributed by atoms with Crippen LogP contribution in [-0.4, -0.2) is 70.1 Å². The molecule has 2 aliphatic rings. The number of imidazole rings is 1. The number of aryl methyl sites for hydroxylation is 2. The second kappa shape index (κ2) is 8.09. The number of aromatic nitrogens is 6. The van der Waals surface area contributed by atoms with Crippen LogP contribution in [0.5, 0.6) is 0 Å². The summed E-state index contributed by atoms with van der Waals surface area (Å²) >= 11 is 0. The molecule has 1 amide bonds. The van der Waals surface area contributed by atoms with Crippen LogP contribution in [0.1, 0.15) is 44.9 Å². The number of carbonyl (C=O) groups is 1. The van der Waals surface area contributed by atoms with Gasteiger partial charge in [-0.15, -0.1) is 0 Å². The predicted octanol–water partition coefficient (Wildman–Crippen LogP) is 1.93. The molecule has 5 rings (SSSR count). The Kier molecular flexibility index (Phi) is 5.24. The SMILES string of the molecule is CCn1c(-c2cnc(C)nc2)nc2c(NC3CCN(C(=O)C4(O)CCCC4)C3)ncnc21. The Labute approximate surface area is 186 Å². The number of nitrogens with zero attached hydrogens (tertiary/aromatic N) is 7. The number of hydrogen-bond donors (Lipinski definition) is 2. The third-order valence-electron chi connectivity index (χ3n) is 6.53. The summed E-state index contributed by atoms with van der Waals surface area (Å²) in [5.74, 6) is 1.97. The average Bonchev–Trinajstić information content (AvgIpc) is 3.53. The Hall–Kier alpha value is -3.14. The molecule has 1 aliphatic carbocycles. The number of rotatable bonds is 5. The number of nitrogens with one attached hydrogen (secondary N) is 1. The lowest BCUT2D eigenvalue weighted by molar-refractivity contribution is -0.149. The first-order valence-corrected chi connectivity index (χ1v) is 11.3. The fourth-order valence-corrected chi connectivity index (χ4v) is 4.79. The number of amides is 1. The number of anilines is 1. The monoisotopic (exact) mass is 436 g/mol. The first-order valence-electron chi connectivity index (χ1n) is 11.3. The highest BCUT2D eigenvalue weighted by molar-refractivity contribution is 5.87. The summed E-state index contributed by atoms with van der Waals surface area (Å²) in [6, 6.07) is 0.0417. The molecule has 0 radical (unpaired) electrons. The Morgan fingerprint density at radius 2 is 1.97 bits per heavy atom. The highest BCUT2D eigenvalue weighted by Crippen LogP contribution is 2.33. The fraction of sp³-hybridized carbons (Fsp3) is 0.545. The van der Waals surface area contributed by atoms with Crippen LogP contribution in [0.25, 0.3) is 22.6 Å². The van der Waals surface area contributed by atoms with Gasteiger partial charge in [-0.2, -0.15) is 0 Å². The standard InChI is InChI=1S/C22H28N8O2/c1-3-30-19(15-10-23-14(2)24-11-15)28-17-18(25-13-26-20(17)30)27-16-6-9-29(12-16)21(31)22(32)7-4-5-8-22/h10-11,13,16,32H,3-9,12H2,1-2H3,(H,25,26,27). The van der Waals surface area contributed by atoms with Crippen LogP contribution < -0.4 is 5.32 Å². The van der Waals surface area contributed by atoms with Gasteiger partial charge in [0, 0.05) is 38.1 Å². The third kappa shape index (κ3) is 3.58. The van der Waals surface area contributed by atoms with Gasteiger partial charge in [-0.25, -0.2) is 24.9 Å². The van der Waals surface area contributed by atoms with Crippen LogP contribution in [0.3, 0.4) is 0 Å². The first kappa shape index (κ1) is 20.7. The topological polar surface area (TPSA) is 122 Å². The Bertz CT molecular complexity index is 1140. The molecule has 1 saturated heterocycles. The number of aliphatic hydroxyl groups is 1. The van der Waals surface area contributed by atoms with Crippen LogP contribution in [-0.2, 0) is 11.3 Å². The summed E-state index contributed by atoms with van der Waals surface area (Å²) < 4.78 is 2.02. The van der Waals surface area contributed by atoms with E-state index in [0.717, 1.165) is 36.3 Å². The van der Waals surface area contributed by atoms with E-state index in [1.54, 1.807) is 17.3 Å². The van der Waals surface area contributed by atoms with Gasteiger partial charge in [-0.3, -0.25) is 4.79 Å². The molecule has 1 saturated carbocycles. The van der Waals surface area contributed by atoms with Crippen molar-refractivity contribution in [2.24, 2.45) is 0 Å². The molecule has 0 spiro atoms. The van der Waals surface area contributed by atoms with Gasteiger partial charge in [-0.05, 0) is 46.0 Å². The van der Waals surface area contributed by atoms with Gasteiger partial charge in [0.25, 0.3) is 5.91 Å². The molecule has 3 aromatic heterocycles. The highest BCUT2D eigenvalue weighted by atomic mass is 16.3. The van der Waals surface area contributed by atoms with Crippen LogP contribution in [0.15, 0.2) is 18.7 Å². The van der Waals surface area contributed by atoms with Crippen LogP contribution >= 0.6 is 0 Å². The van der Waals surface area contributed by atoms with E-state index in [9.17, 15) is 9.90 Å². The minimum atomic E-state index is -1.18. The van der Waals surface area contributed by atoms with Crippen molar-refractivity contribution in [3.05, 3.63) is 24.5 Å². The summed E-state index contributed by atoms with van der Waals surface area (Å²) in [5, 5.41) is 14.1. The van der Waals surface area contributed by atoms with E-state index in [4.69, 9.17) is 4.98 Å². The molecule has 168 valence electrons. The molecule has 1 aliphatic heterocycles. The highest BCUT2D eigenvalue weighted by Gasteiger charge is 2.43. The summed E-state index contributed by atoms with van der Waals surface area (Å²) in [5.41, 5.74) is 1.07. The van der Waals surface area contributed by atoms with Crippen molar-refractivity contribution >= 4 is 22.9 Å². The van der Waals surface area contributed by atoms with Crippen molar-refractivity contribution in [2.45, 2.75) is 64.1 Å². The molecular weight excluding hydrogens is 408 g/mol. The molecule has 10 nitrogen and oxygen atoms in total. The molecule has 0 aromatic carbocycles. The number of likely N-dealkylation sites (tertiary alicyclic amines) is 1. The van der Waals surface area contributed by atoms with Gasteiger partial charge in [0.1, 0.15) is 23.6 Å². The Morgan fingerprint density at radius 1 is 1.22 bits per heavy atom. The zero-order valence-electron chi connectivity index (χ0n) is 18.5. The van der Waals surface area contributed by atoms with Crippen molar-refractivity contribution in [3.63, 3.8) is 0 Å². The van der Waals surface area contributed by atoms with Gasteiger partial charge in [0.05, 0.1) is 5.56 Å². The van der Waals surface area contributed by atoms with E-state index in [2.05, 4.69) is 25.3 Å². The lowest BCUT2D eigenvalue weighted by Crippen LogP contribution is -2.47. The van der Waals surface area contributed by atoms with Crippen LogP contribution in [0.2, 0.25) is 0 Å². The molecule has 1 unspecified atom stereocenters. The minimum absolute atomic E-state index is 0.0417. The van der Waals surface area contributed by atoms with E-state index >= 15 is 0 Å². The smallest absolute Gasteiger partial charge is 0.254 e.